The Balaban J connectivity index is 1.47. The van der Waals surface area contributed by atoms with Crippen LogP contribution in [0.25, 0.3) is 0 Å². The average molecular weight is 537 g/mol. The highest BCUT2D eigenvalue weighted by molar-refractivity contribution is 7.18. The van der Waals surface area contributed by atoms with E-state index >= 15 is 0 Å². The number of thiophene rings is 1. The Labute approximate surface area is 225 Å². The van der Waals surface area contributed by atoms with Crippen molar-refractivity contribution in [3.63, 3.8) is 0 Å². The topological polar surface area (TPSA) is 130 Å². The molecule has 0 bridgehead atoms. The van der Waals surface area contributed by atoms with Crippen LogP contribution in [0, 0.1) is 6.92 Å². The lowest BCUT2D eigenvalue weighted by atomic mass is 10.1. The van der Waals surface area contributed by atoms with E-state index < -0.39 is 11.5 Å². The van der Waals surface area contributed by atoms with E-state index in [-0.39, 0.29) is 12.1 Å². The first-order valence-electron chi connectivity index (χ1n) is 12.5. The highest BCUT2D eigenvalue weighted by atomic mass is 32.1. The second-order valence-corrected chi connectivity index (χ2v) is 11.6. The third-order valence-corrected chi connectivity index (χ3v) is 7.49. The van der Waals surface area contributed by atoms with Gasteiger partial charge in [0.25, 0.3) is 5.91 Å². The predicted octanol–water partition coefficient (Wildman–Crippen LogP) is 3.58. The fourth-order valence-electron chi connectivity index (χ4n) is 4.60. The Morgan fingerprint density at radius 1 is 1.29 bits per heavy atom. The molecule has 0 saturated heterocycles. The Hall–Kier alpha value is -3.93. The predicted molar refractivity (Wildman–Crippen MR) is 147 cm³/mol. The Kier molecular flexibility index (Phi) is 6.59. The van der Waals surface area contributed by atoms with Crippen LogP contribution in [0.5, 0.6) is 0 Å². The molecule has 5 heterocycles. The number of nitrogens with one attached hydrogen (secondary N) is 1. The van der Waals surface area contributed by atoms with Gasteiger partial charge in [0.2, 0.25) is 0 Å². The van der Waals surface area contributed by atoms with E-state index in [9.17, 15) is 9.59 Å². The number of hydrogen-bond acceptors (Lipinski definition) is 9. The van der Waals surface area contributed by atoms with E-state index in [1.807, 2.05) is 59.4 Å². The first-order chi connectivity index (χ1) is 18.0. The molecule has 2 aromatic rings. The van der Waals surface area contributed by atoms with Crippen LogP contribution in [0.15, 0.2) is 52.0 Å². The van der Waals surface area contributed by atoms with Gasteiger partial charge >= 0.3 is 6.09 Å². The number of amides is 2. The van der Waals surface area contributed by atoms with E-state index in [2.05, 4.69) is 21.4 Å². The standard InChI is InChI=1S/C26H32N8O3S/c1-15-9-20(38-21(15)22(27)35)31-23-24-28-11-19(17-10-29-32(5)12-17)34(24)14-18(30-23)16-7-6-8-33(13-16)25(36)37-26(2,3)4/h7,9-10,12,14,19H,6,8,11,13H2,1-5H3,(H2,27,35)(H,30,31). The molecule has 3 N–H and O–H groups in total. The number of carbonyl (C=O) groups excluding carboxylic acids is 2. The van der Waals surface area contributed by atoms with Crippen molar-refractivity contribution in [2.45, 2.75) is 45.8 Å². The molecule has 0 spiro atoms. The summed E-state index contributed by atoms with van der Waals surface area (Å²) in [7, 11) is 1.89. The van der Waals surface area contributed by atoms with Crippen molar-refractivity contribution in [3.05, 3.63) is 58.0 Å². The van der Waals surface area contributed by atoms with Gasteiger partial charge in [0.1, 0.15) is 5.60 Å². The molecule has 0 aromatic carbocycles. The molecule has 200 valence electrons. The molecule has 2 amide bonds. The fourth-order valence-corrected chi connectivity index (χ4v) is 5.53. The number of hydrogen-bond donors (Lipinski definition) is 2. The van der Waals surface area contributed by atoms with Crippen LogP contribution in [0.2, 0.25) is 0 Å². The minimum absolute atomic E-state index is 0.0431. The number of aryl methyl sites for hydroxylation is 2. The molecule has 3 aliphatic rings. The maximum Gasteiger partial charge on any atom is 0.410 e. The van der Waals surface area contributed by atoms with E-state index in [1.54, 1.807) is 9.58 Å². The summed E-state index contributed by atoms with van der Waals surface area (Å²) in [4.78, 5) is 38.7. The number of anilines is 1. The molecule has 0 aliphatic carbocycles. The van der Waals surface area contributed by atoms with E-state index in [0.717, 1.165) is 27.4 Å². The zero-order valence-electron chi connectivity index (χ0n) is 22.2. The smallest absolute Gasteiger partial charge is 0.410 e. The van der Waals surface area contributed by atoms with Gasteiger partial charge in [-0.25, -0.2) is 9.79 Å². The molecular formula is C26H32N8O3S. The minimum Gasteiger partial charge on any atom is -0.444 e. The quantitative estimate of drug-likeness (QED) is 0.614. The molecule has 1 atom stereocenters. The average Bonchev–Trinajstić information content (AvgIpc) is 3.56. The molecule has 3 aliphatic heterocycles. The molecule has 0 fully saturated rings. The van der Waals surface area contributed by atoms with Crippen LogP contribution in [0.4, 0.5) is 9.80 Å². The first kappa shape index (κ1) is 25.7. The molecule has 38 heavy (non-hydrogen) atoms. The number of fused-ring (bicyclic) bond motifs is 1. The van der Waals surface area contributed by atoms with Crippen LogP contribution < -0.4 is 11.1 Å². The van der Waals surface area contributed by atoms with Gasteiger partial charge in [-0.05, 0) is 51.3 Å². The normalized spacial score (nSPS) is 19.3. The zero-order chi connectivity index (χ0) is 27.2. The van der Waals surface area contributed by atoms with E-state index in [4.69, 9.17) is 20.5 Å². The lowest BCUT2D eigenvalue weighted by Crippen LogP contribution is -2.41. The maximum absolute atomic E-state index is 12.8. The number of nitrogens with two attached hydrogens (primary N) is 1. The zero-order valence-corrected chi connectivity index (χ0v) is 23.0. The second kappa shape index (κ2) is 9.75. The van der Waals surface area contributed by atoms with Gasteiger partial charge in [-0.3, -0.25) is 14.5 Å². The van der Waals surface area contributed by atoms with Crippen molar-refractivity contribution in [1.82, 2.24) is 19.6 Å². The SMILES string of the molecule is Cc1cc(NC2=NC(C3=CCCN(C(=O)OC(C)(C)C)C3)=CN3C2=NCC3c2cnn(C)c2)sc1C(N)=O. The van der Waals surface area contributed by atoms with Crippen molar-refractivity contribution in [2.75, 3.05) is 25.0 Å². The van der Waals surface area contributed by atoms with Crippen LogP contribution in [0.3, 0.4) is 0 Å². The number of carbonyl (C=O) groups is 2. The largest absolute Gasteiger partial charge is 0.444 e. The van der Waals surface area contributed by atoms with Gasteiger partial charge in [-0.1, -0.05) is 6.08 Å². The summed E-state index contributed by atoms with van der Waals surface area (Å²) >= 11 is 1.29. The number of nitrogens with zero attached hydrogens (tertiary/aromatic N) is 6. The first-order valence-corrected chi connectivity index (χ1v) is 13.3. The van der Waals surface area contributed by atoms with Crippen LogP contribution in [0.1, 0.15) is 54.0 Å². The summed E-state index contributed by atoms with van der Waals surface area (Å²) in [5.74, 6) is 0.814. The summed E-state index contributed by atoms with van der Waals surface area (Å²) in [6.07, 6.45) is 8.30. The maximum atomic E-state index is 12.8. The van der Waals surface area contributed by atoms with E-state index in [0.29, 0.717) is 42.6 Å². The second-order valence-electron chi connectivity index (χ2n) is 10.5. The summed E-state index contributed by atoms with van der Waals surface area (Å²) in [6, 6.07) is 1.84. The number of amidine groups is 2. The lowest BCUT2D eigenvalue weighted by Gasteiger charge is -2.32. The molecule has 12 heteroatoms. The summed E-state index contributed by atoms with van der Waals surface area (Å²) in [5, 5.41) is 8.46. The fraction of sp³-hybridized carbons (Fsp3) is 0.423. The third-order valence-electron chi connectivity index (χ3n) is 6.32. The summed E-state index contributed by atoms with van der Waals surface area (Å²) in [6.45, 7) is 8.95. The van der Waals surface area contributed by atoms with Gasteiger partial charge in [0.15, 0.2) is 11.7 Å². The van der Waals surface area contributed by atoms with Crippen LogP contribution in [-0.4, -0.2) is 68.5 Å². The Bertz CT molecular complexity index is 1410. The van der Waals surface area contributed by atoms with Gasteiger partial charge < -0.3 is 25.6 Å². The molecule has 5 rings (SSSR count). The van der Waals surface area contributed by atoms with Crippen molar-refractivity contribution in [3.8, 4) is 0 Å². The highest BCUT2D eigenvalue weighted by Crippen LogP contribution is 2.34. The van der Waals surface area contributed by atoms with Crippen LogP contribution >= 0.6 is 11.3 Å². The van der Waals surface area contributed by atoms with Crippen molar-refractivity contribution >= 4 is 40.0 Å². The molecule has 11 nitrogen and oxygen atoms in total. The highest BCUT2D eigenvalue weighted by Gasteiger charge is 2.36. The molecule has 1 unspecified atom stereocenters. The third kappa shape index (κ3) is 5.21. The number of rotatable bonds is 4. The Morgan fingerprint density at radius 3 is 2.74 bits per heavy atom. The molecule has 0 saturated carbocycles. The van der Waals surface area contributed by atoms with Crippen molar-refractivity contribution < 1.29 is 14.3 Å². The van der Waals surface area contributed by atoms with Gasteiger partial charge in [-0.2, -0.15) is 5.10 Å². The van der Waals surface area contributed by atoms with Gasteiger partial charge in [-0.15, -0.1) is 11.3 Å². The number of aromatic nitrogens is 2. The number of aliphatic imine (C=N–C) groups is 2. The summed E-state index contributed by atoms with van der Waals surface area (Å²) in [5.41, 5.74) is 8.48. The number of primary amides is 1. The monoisotopic (exact) mass is 536 g/mol. The minimum atomic E-state index is -0.571. The van der Waals surface area contributed by atoms with E-state index in [1.165, 1.54) is 11.3 Å². The molecule has 0 radical (unpaired) electrons. The van der Waals surface area contributed by atoms with Crippen molar-refractivity contribution in [1.29, 1.82) is 0 Å². The van der Waals surface area contributed by atoms with Gasteiger partial charge in [0, 0.05) is 31.6 Å². The summed E-state index contributed by atoms with van der Waals surface area (Å²) < 4.78 is 7.38. The van der Waals surface area contributed by atoms with Gasteiger partial charge in [0.05, 0.1) is 40.9 Å². The molecular weight excluding hydrogens is 504 g/mol. The van der Waals surface area contributed by atoms with Crippen molar-refractivity contribution in [2.24, 2.45) is 22.8 Å². The lowest BCUT2D eigenvalue weighted by molar-refractivity contribution is 0.0263. The Morgan fingerprint density at radius 2 is 2.08 bits per heavy atom. The number of ether oxygens (including phenoxy) is 1. The molecule has 2 aromatic heterocycles. The van der Waals surface area contributed by atoms with Crippen LogP contribution in [-0.2, 0) is 11.8 Å².